The molecule has 12 nitrogen and oxygen atoms in total. The minimum Gasteiger partial charge on any atom is -0.459 e. The van der Waals surface area contributed by atoms with E-state index in [9.17, 15) is 19.8 Å². The minimum absolute atomic E-state index is 0.0171. The highest BCUT2D eigenvalue weighted by Gasteiger charge is 2.52. The number of methoxy groups -OCH3 is 2. The van der Waals surface area contributed by atoms with Crippen LogP contribution in [0.3, 0.4) is 0 Å². The molecule has 3 aliphatic heterocycles. The number of aliphatic hydroxyl groups is 2. The lowest BCUT2D eigenvalue weighted by Crippen LogP contribution is -2.59. The van der Waals surface area contributed by atoms with Crippen molar-refractivity contribution in [2.45, 2.75) is 180 Å². The van der Waals surface area contributed by atoms with Gasteiger partial charge >= 0.3 is 5.97 Å². The maximum atomic E-state index is 14.1. The molecule has 2 N–H and O–H groups in total. The van der Waals surface area contributed by atoms with Crippen molar-refractivity contribution in [3.63, 3.8) is 0 Å². The highest BCUT2D eigenvalue weighted by atomic mass is 16.7. The van der Waals surface area contributed by atoms with E-state index >= 15 is 0 Å². The molecule has 12 heteroatoms. The summed E-state index contributed by atoms with van der Waals surface area (Å²) < 4.78 is 44.5. The number of nitrogens with zero attached hydrogens (tertiary/aromatic N) is 1. The third kappa shape index (κ3) is 9.85. The van der Waals surface area contributed by atoms with E-state index in [2.05, 4.69) is 4.90 Å². The van der Waals surface area contributed by atoms with Crippen molar-refractivity contribution in [2.75, 3.05) is 28.3 Å². The van der Waals surface area contributed by atoms with Gasteiger partial charge in [0.15, 0.2) is 12.6 Å². The first kappa shape index (κ1) is 43.2. The fourth-order valence-corrected chi connectivity index (χ4v) is 8.60. The van der Waals surface area contributed by atoms with Gasteiger partial charge in [-0.3, -0.25) is 9.59 Å². The molecule has 3 saturated heterocycles. The summed E-state index contributed by atoms with van der Waals surface area (Å²) in [5, 5.41) is 22.5. The van der Waals surface area contributed by atoms with E-state index in [0.29, 0.717) is 19.3 Å². The number of esters is 1. The Kier molecular flexibility index (Phi) is 14.9. The van der Waals surface area contributed by atoms with Gasteiger partial charge in [0.2, 0.25) is 0 Å². The molecule has 0 spiro atoms. The van der Waals surface area contributed by atoms with Crippen molar-refractivity contribution in [2.24, 2.45) is 23.7 Å². The summed E-state index contributed by atoms with van der Waals surface area (Å²) in [4.78, 5) is 30.2. The van der Waals surface area contributed by atoms with E-state index in [1.54, 1.807) is 35.0 Å². The van der Waals surface area contributed by atoms with Crippen LogP contribution in [-0.2, 0) is 42.7 Å². The molecule has 0 bridgehead atoms. The van der Waals surface area contributed by atoms with Crippen LogP contribution in [0.5, 0.6) is 0 Å². The summed E-state index contributed by atoms with van der Waals surface area (Å²) in [6, 6.07) is 0.225. The zero-order chi connectivity index (χ0) is 37.9. The average molecular weight is 716 g/mol. The van der Waals surface area contributed by atoms with Crippen LogP contribution in [0.15, 0.2) is 0 Å². The number of hydrogen-bond donors (Lipinski definition) is 2. The summed E-state index contributed by atoms with van der Waals surface area (Å²) in [5.41, 5.74) is -3.44. The first-order valence-corrected chi connectivity index (χ1v) is 18.7. The average Bonchev–Trinajstić information content (AvgIpc) is 3.05. The number of carbonyl (C=O) groups excluding carboxylic acids is 2. The van der Waals surface area contributed by atoms with Crippen LogP contribution >= 0.6 is 0 Å². The molecule has 292 valence electrons. The van der Waals surface area contributed by atoms with Crippen LogP contribution < -0.4 is 0 Å². The van der Waals surface area contributed by atoms with Gasteiger partial charge in [-0.25, -0.2) is 0 Å². The highest BCUT2D eigenvalue weighted by molar-refractivity contribution is 5.83. The van der Waals surface area contributed by atoms with Crippen molar-refractivity contribution in [3.05, 3.63) is 0 Å². The molecule has 3 fully saturated rings. The second-order valence-electron chi connectivity index (χ2n) is 16.5. The van der Waals surface area contributed by atoms with Crippen LogP contribution in [0.1, 0.15) is 108 Å². The van der Waals surface area contributed by atoms with Gasteiger partial charge in [0.05, 0.1) is 47.1 Å². The van der Waals surface area contributed by atoms with Crippen LogP contribution in [0.4, 0.5) is 0 Å². The summed E-state index contributed by atoms with van der Waals surface area (Å²) in [7, 11) is 7.25. The molecule has 0 aromatic heterocycles. The Bertz CT molecular complexity index is 1120. The van der Waals surface area contributed by atoms with Gasteiger partial charge in [0.1, 0.15) is 18.0 Å². The zero-order valence-corrected chi connectivity index (χ0v) is 33.3. The summed E-state index contributed by atoms with van der Waals surface area (Å²) in [6.45, 7) is 18.4. The SMILES string of the molecule is CC[C@H]1OC(=O)[C@H](C)[C@@H](O[C@H]2C[C@@](C)(OC)[C@@H](O)[C@H](C)O2)[C@H](C)[C@@H](O[C@H]2C[C@@H](N(C)C)C[C@@H](C)O2)[C@@](C)(OC)C[C@@H](C)C(=O)[C@H](C)C[C@]1(C)O. The monoisotopic (exact) mass is 715 g/mol. The molecule has 0 saturated carbocycles. The van der Waals surface area contributed by atoms with Gasteiger partial charge in [0.25, 0.3) is 0 Å². The number of aliphatic hydroxyl groups excluding tert-OH is 1. The number of carbonyl (C=O) groups is 2. The van der Waals surface area contributed by atoms with Crippen LogP contribution in [0, 0.1) is 23.7 Å². The van der Waals surface area contributed by atoms with Gasteiger partial charge in [-0.05, 0) is 81.3 Å². The van der Waals surface area contributed by atoms with Crippen molar-refractivity contribution < 1.29 is 53.0 Å². The number of ether oxygens (including phenoxy) is 7. The van der Waals surface area contributed by atoms with E-state index in [-0.39, 0.29) is 30.8 Å². The van der Waals surface area contributed by atoms with E-state index in [0.717, 1.165) is 6.42 Å². The van der Waals surface area contributed by atoms with Gasteiger partial charge in [-0.1, -0.05) is 27.7 Å². The van der Waals surface area contributed by atoms with Crippen molar-refractivity contribution >= 4 is 11.8 Å². The number of Topliss-reactive ketones (excluding diaryl/α,β-unsaturated/α-hetero) is 1. The minimum atomic E-state index is -1.45. The number of ketones is 1. The Morgan fingerprint density at radius 3 is 2.00 bits per heavy atom. The molecular weight excluding hydrogens is 646 g/mol. The molecule has 3 aliphatic rings. The third-order valence-electron chi connectivity index (χ3n) is 11.9. The smallest absolute Gasteiger partial charge is 0.311 e. The normalized spacial score (nSPS) is 47.5. The largest absolute Gasteiger partial charge is 0.459 e. The molecule has 3 rings (SSSR count). The first-order valence-electron chi connectivity index (χ1n) is 18.7. The van der Waals surface area contributed by atoms with E-state index < -0.39 is 89.5 Å². The zero-order valence-electron chi connectivity index (χ0n) is 33.3. The molecular formula is C38H69NO11. The van der Waals surface area contributed by atoms with E-state index in [1.165, 1.54) is 0 Å². The lowest BCUT2D eigenvalue weighted by atomic mass is 9.74. The molecule has 3 heterocycles. The number of hydrogen-bond acceptors (Lipinski definition) is 12. The van der Waals surface area contributed by atoms with E-state index in [1.807, 2.05) is 62.6 Å². The van der Waals surface area contributed by atoms with Crippen molar-refractivity contribution in [3.8, 4) is 0 Å². The summed E-state index contributed by atoms with van der Waals surface area (Å²) in [5.74, 6) is -2.90. The Morgan fingerprint density at radius 2 is 1.44 bits per heavy atom. The predicted molar refractivity (Wildman–Crippen MR) is 188 cm³/mol. The maximum absolute atomic E-state index is 14.1. The van der Waals surface area contributed by atoms with Crippen LogP contribution in [0.2, 0.25) is 0 Å². The summed E-state index contributed by atoms with van der Waals surface area (Å²) in [6.07, 6.45) is -2.93. The maximum Gasteiger partial charge on any atom is 0.311 e. The highest BCUT2D eigenvalue weighted by Crippen LogP contribution is 2.41. The van der Waals surface area contributed by atoms with Crippen molar-refractivity contribution in [1.29, 1.82) is 0 Å². The first-order chi connectivity index (χ1) is 23.1. The van der Waals surface area contributed by atoms with Crippen LogP contribution in [-0.4, -0.2) is 127 Å². The van der Waals surface area contributed by atoms with Gasteiger partial charge in [-0.15, -0.1) is 0 Å². The fourth-order valence-electron chi connectivity index (χ4n) is 8.60. The molecule has 0 amide bonds. The number of cyclic esters (lactones) is 1. The standard InChI is InChI=1S/C38H69NO11/c1-15-28-36(8,43)18-21(2)31(40)22(3)19-38(10,45-14)34(50-29-17-27(39(11)12)16-23(4)46-29)24(5)32(25(6)35(42)48-28)49-30-20-37(9,44-13)33(41)26(7)47-30/h21-30,32-34,41,43H,15-20H2,1-14H3/t21-,22-,23-,24+,25-,26+,27+,28-,29+,30+,32+,33+,34-,36+,37-,38+/m1/s1. The predicted octanol–water partition coefficient (Wildman–Crippen LogP) is 4.50. The Balaban J connectivity index is 2.16. The summed E-state index contributed by atoms with van der Waals surface area (Å²) >= 11 is 0. The molecule has 50 heavy (non-hydrogen) atoms. The van der Waals surface area contributed by atoms with Crippen LogP contribution in [0.25, 0.3) is 0 Å². The second kappa shape index (κ2) is 17.3. The molecule has 0 aromatic carbocycles. The molecule has 16 atom stereocenters. The lowest BCUT2D eigenvalue weighted by Gasteiger charge is -2.49. The van der Waals surface area contributed by atoms with Gasteiger partial charge < -0.3 is 48.3 Å². The van der Waals surface area contributed by atoms with E-state index in [4.69, 9.17) is 33.2 Å². The Hall–Kier alpha value is -1.22. The Labute approximate surface area is 301 Å². The van der Waals surface area contributed by atoms with Crippen molar-refractivity contribution in [1.82, 2.24) is 4.90 Å². The van der Waals surface area contributed by atoms with Gasteiger partial charge in [-0.2, -0.15) is 0 Å². The lowest BCUT2D eigenvalue weighted by molar-refractivity contribution is -0.309. The topological polar surface area (TPSA) is 142 Å². The third-order valence-corrected chi connectivity index (χ3v) is 11.9. The molecule has 0 aromatic rings. The van der Waals surface area contributed by atoms with Gasteiger partial charge in [0, 0.05) is 50.9 Å². The Morgan fingerprint density at radius 1 is 0.840 bits per heavy atom. The molecule has 0 aliphatic carbocycles. The molecule has 0 unspecified atom stereocenters. The quantitative estimate of drug-likeness (QED) is 0.342. The fraction of sp³-hybridized carbons (Fsp3) is 0.947. The number of rotatable bonds is 8. The second-order valence-corrected chi connectivity index (χ2v) is 16.5. The molecule has 0 radical (unpaired) electrons.